The summed E-state index contributed by atoms with van der Waals surface area (Å²) in [5, 5.41) is 40.9. The first-order valence-corrected chi connectivity index (χ1v) is 24.9. The van der Waals surface area contributed by atoms with Gasteiger partial charge in [0.1, 0.15) is 22.9 Å². The molecule has 29 heteroatoms. The van der Waals surface area contributed by atoms with E-state index in [9.17, 15) is 63.9 Å². The Kier molecular flexibility index (Phi) is 32.0. The van der Waals surface area contributed by atoms with Gasteiger partial charge in [0.2, 0.25) is 24.1 Å². The number of halogens is 8. The van der Waals surface area contributed by atoms with Gasteiger partial charge in [-0.05, 0) is 67.4 Å². The minimum absolute atomic E-state index is 0.102. The number of aromatic nitrogens is 1. The molecule has 2 aromatic carbocycles. The van der Waals surface area contributed by atoms with Crippen molar-refractivity contribution in [1.29, 1.82) is 0 Å². The number of carboxylic acid groups (broad SMARTS) is 4. The maximum absolute atomic E-state index is 14.9. The zero-order chi connectivity index (χ0) is 58.4. The van der Waals surface area contributed by atoms with E-state index >= 15 is 0 Å². The molecule has 3 aromatic rings. The topological polar surface area (TPSA) is 300 Å². The number of hydrogen-bond acceptors (Lipinski definition) is 12. The highest BCUT2D eigenvalue weighted by molar-refractivity contribution is 8.00. The van der Waals surface area contributed by atoms with Gasteiger partial charge in [-0.2, -0.15) is 38.1 Å². The number of benzene rings is 2. The first-order chi connectivity index (χ1) is 35.3. The van der Waals surface area contributed by atoms with Crippen LogP contribution in [-0.2, 0) is 44.9 Å². The van der Waals surface area contributed by atoms with Gasteiger partial charge in [-0.15, -0.1) is 11.8 Å². The largest absolute Gasteiger partial charge is 0.490 e. The van der Waals surface area contributed by atoms with E-state index in [4.69, 9.17) is 35.7 Å². The minimum atomic E-state index is -5.08. The van der Waals surface area contributed by atoms with Crippen molar-refractivity contribution in [1.82, 2.24) is 30.7 Å². The van der Waals surface area contributed by atoms with Gasteiger partial charge in [-0.25, -0.2) is 18.4 Å². The number of nitrogens with zero attached hydrogens (tertiary/aromatic N) is 2. The second-order valence-electron chi connectivity index (χ2n) is 16.9. The summed E-state index contributed by atoms with van der Waals surface area (Å²) in [5.74, 6) is -8.89. The Morgan fingerprint density at radius 3 is 1.91 bits per heavy atom. The second-order valence-corrected chi connectivity index (χ2v) is 19.2. The molecule has 1 heterocycles. The van der Waals surface area contributed by atoms with Crippen molar-refractivity contribution >= 4 is 71.5 Å². The molecule has 10 N–H and O–H groups in total. The van der Waals surface area contributed by atoms with Crippen LogP contribution in [0.5, 0.6) is 0 Å². The van der Waals surface area contributed by atoms with E-state index in [1.54, 1.807) is 11.8 Å². The maximum Gasteiger partial charge on any atom is 0.490 e. The SMILES string of the molecule is CCCSCC(=O)N(CCCNC)C(c1cc(-c2cc(F)ccc2F)cn1Cc1ccccc1)C(C)(C)C.N[C@@H](CSC(CC(=O)NCC(=O)NCCNC=O)C(=O)O)C(=O)O.O=C(O)C(F)(F)F.O=C(O)C(F)(F)F. The van der Waals surface area contributed by atoms with Crippen LogP contribution in [0.4, 0.5) is 35.1 Å². The van der Waals surface area contributed by atoms with Crippen molar-refractivity contribution in [2.45, 2.75) is 83.2 Å². The molecule has 0 fully saturated rings. The average molecular weight is 1130 g/mol. The van der Waals surface area contributed by atoms with E-state index in [2.05, 4.69) is 65.7 Å². The fourth-order valence-electron chi connectivity index (χ4n) is 6.15. The Morgan fingerprint density at radius 2 is 1.41 bits per heavy atom. The number of nitrogens with two attached hydrogens (primary N) is 1. The molecule has 0 aliphatic carbocycles. The Balaban J connectivity index is 0.00000125. The molecule has 3 atom stereocenters. The molecule has 426 valence electrons. The van der Waals surface area contributed by atoms with Crippen LogP contribution in [0.3, 0.4) is 0 Å². The number of carbonyl (C=O) groups excluding carboxylic acids is 4. The quantitative estimate of drug-likeness (QED) is 0.0277. The van der Waals surface area contributed by atoms with Crippen LogP contribution in [0.25, 0.3) is 11.1 Å². The number of rotatable bonds is 26. The standard InChI is InChI=1S/C31H41F2N3OS.C12H20N4O7S.2C2HF3O2/c1-6-17-38-22-29(37)36(16-10-15-34-5)30(31(2,3)4)28-18-24(26-19-25(32)13-14-27(26)33)21-35(28)20-23-11-8-7-9-12-23;13-7(11(20)21)5-24-8(12(22)23)3-9(18)16-4-10(19)15-2-1-14-6-17;2*3-2(4,5)1(6)7/h7-9,11-14,18-19,21,30,34H,6,10,15-17,20,22H2,1-5H3;6-8H,1-5,13H2,(H,14,17)(H,15,19)(H,16,18)(H,20,21)(H,22,23);2*(H,6,7)/t;7-,8?;;/m.0../s1. The number of carboxylic acids is 4. The summed E-state index contributed by atoms with van der Waals surface area (Å²) in [6, 6.07) is 14.0. The van der Waals surface area contributed by atoms with Gasteiger partial charge in [0.25, 0.3) is 0 Å². The number of carbonyl (C=O) groups is 8. The first kappa shape index (κ1) is 69.5. The van der Waals surface area contributed by atoms with Crippen LogP contribution >= 0.6 is 23.5 Å². The lowest BCUT2D eigenvalue weighted by Gasteiger charge is -2.41. The van der Waals surface area contributed by atoms with Crippen LogP contribution in [-0.4, -0.2) is 159 Å². The van der Waals surface area contributed by atoms with Crippen molar-refractivity contribution in [3.05, 3.63) is 83.7 Å². The fraction of sp³-hybridized carbons (Fsp3) is 0.489. The molecular formula is C47H63F8N7O12S2. The Bertz CT molecular complexity index is 2300. The lowest BCUT2D eigenvalue weighted by Crippen LogP contribution is -2.44. The van der Waals surface area contributed by atoms with Gasteiger partial charge in [0, 0.05) is 61.4 Å². The number of amides is 4. The summed E-state index contributed by atoms with van der Waals surface area (Å²) in [4.78, 5) is 88.1. The third kappa shape index (κ3) is 28.4. The highest BCUT2D eigenvalue weighted by Crippen LogP contribution is 2.41. The summed E-state index contributed by atoms with van der Waals surface area (Å²) < 4.78 is 94.6. The monoisotopic (exact) mass is 1130 g/mol. The molecule has 19 nitrogen and oxygen atoms in total. The summed E-state index contributed by atoms with van der Waals surface area (Å²) >= 11 is 2.40. The molecule has 2 unspecified atom stereocenters. The molecular weight excluding hydrogens is 1070 g/mol. The minimum Gasteiger partial charge on any atom is -0.480 e. The zero-order valence-corrected chi connectivity index (χ0v) is 43.6. The molecule has 0 aliphatic rings. The van der Waals surface area contributed by atoms with Gasteiger partial charge in [-0.3, -0.25) is 28.8 Å². The molecule has 0 bridgehead atoms. The summed E-state index contributed by atoms with van der Waals surface area (Å²) in [6.07, 6.45) is -6.39. The van der Waals surface area contributed by atoms with Gasteiger partial charge in [-0.1, -0.05) is 58.0 Å². The summed E-state index contributed by atoms with van der Waals surface area (Å²) in [6.45, 7) is 10.6. The van der Waals surface area contributed by atoms with Crippen LogP contribution in [0.15, 0.2) is 60.8 Å². The molecule has 0 saturated carbocycles. The predicted molar refractivity (Wildman–Crippen MR) is 267 cm³/mol. The molecule has 76 heavy (non-hydrogen) atoms. The molecule has 0 saturated heterocycles. The van der Waals surface area contributed by atoms with Crippen molar-refractivity contribution in [3.63, 3.8) is 0 Å². The van der Waals surface area contributed by atoms with Crippen LogP contribution < -0.4 is 27.0 Å². The van der Waals surface area contributed by atoms with Gasteiger partial charge >= 0.3 is 36.2 Å². The van der Waals surface area contributed by atoms with Gasteiger partial charge in [0.15, 0.2) is 0 Å². The zero-order valence-electron chi connectivity index (χ0n) is 41.9. The molecule has 0 aliphatic heterocycles. The van der Waals surface area contributed by atoms with E-state index < -0.39 is 77.4 Å². The third-order valence-electron chi connectivity index (χ3n) is 9.54. The molecule has 3 rings (SSSR count). The number of nitrogens with one attached hydrogen (secondary N) is 4. The molecule has 0 radical (unpaired) electrons. The smallest absolute Gasteiger partial charge is 0.480 e. The number of alkyl halides is 6. The third-order valence-corrected chi connectivity index (χ3v) is 12.0. The lowest BCUT2D eigenvalue weighted by atomic mass is 9.83. The predicted octanol–water partition coefficient (Wildman–Crippen LogP) is 5.37. The number of aliphatic carboxylic acids is 4. The van der Waals surface area contributed by atoms with Crippen LogP contribution in [0.1, 0.15) is 64.3 Å². The van der Waals surface area contributed by atoms with Gasteiger partial charge in [0.05, 0.1) is 18.3 Å². The number of hydrogen-bond donors (Lipinski definition) is 9. The summed E-state index contributed by atoms with van der Waals surface area (Å²) in [5.41, 5.74) is 7.79. The van der Waals surface area contributed by atoms with Crippen molar-refractivity contribution in [2.75, 3.05) is 57.0 Å². The normalized spacial score (nSPS) is 12.3. The van der Waals surface area contributed by atoms with Crippen molar-refractivity contribution in [2.24, 2.45) is 11.1 Å². The van der Waals surface area contributed by atoms with E-state index in [0.717, 1.165) is 54.2 Å². The van der Waals surface area contributed by atoms with Gasteiger partial charge < -0.3 is 56.9 Å². The van der Waals surface area contributed by atoms with E-state index in [1.165, 1.54) is 12.1 Å². The molecule has 1 aromatic heterocycles. The molecule has 0 spiro atoms. The van der Waals surface area contributed by atoms with Crippen LogP contribution in [0, 0.1) is 17.0 Å². The Hall–Kier alpha value is -6.46. The highest BCUT2D eigenvalue weighted by Gasteiger charge is 2.39. The summed E-state index contributed by atoms with van der Waals surface area (Å²) in [7, 11) is 1.91. The van der Waals surface area contributed by atoms with Crippen molar-refractivity contribution in [3.8, 4) is 11.1 Å². The van der Waals surface area contributed by atoms with Crippen LogP contribution in [0.2, 0.25) is 0 Å². The maximum atomic E-state index is 14.9. The first-order valence-electron chi connectivity index (χ1n) is 22.7. The average Bonchev–Trinajstić information content (AvgIpc) is 3.73. The lowest BCUT2D eigenvalue weighted by molar-refractivity contribution is -0.193. The van der Waals surface area contributed by atoms with Crippen molar-refractivity contribution < 1.29 is 93.9 Å². The second kappa shape index (κ2) is 35.0. The fourth-order valence-corrected chi connectivity index (χ4v) is 7.91. The van der Waals surface area contributed by atoms with E-state index in [1.807, 2.05) is 42.4 Å². The highest BCUT2D eigenvalue weighted by atomic mass is 32.2. The van der Waals surface area contributed by atoms with E-state index in [0.29, 0.717) is 30.8 Å². The molecule has 4 amide bonds. The Morgan fingerprint density at radius 1 is 0.816 bits per heavy atom. The Labute approximate surface area is 441 Å². The number of thioether (sulfide) groups is 2. The van der Waals surface area contributed by atoms with E-state index in [-0.39, 0.29) is 48.3 Å².